The Morgan fingerprint density at radius 2 is 2.33 bits per heavy atom. The van der Waals surface area contributed by atoms with Crippen molar-refractivity contribution in [1.29, 1.82) is 0 Å². The van der Waals surface area contributed by atoms with Gasteiger partial charge in [0.05, 0.1) is 19.0 Å². The van der Waals surface area contributed by atoms with Crippen LogP contribution in [0.5, 0.6) is 5.75 Å². The highest BCUT2D eigenvalue weighted by molar-refractivity contribution is 5.55. The molecule has 1 atom stereocenters. The Morgan fingerprint density at radius 3 is 3.17 bits per heavy atom. The summed E-state index contributed by atoms with van der Waals surface area (Å²) in [5.41, 5.74) is 1.67. The predicted octanol–water partition coefficient (Wildman–Crippen LogP) is 1.34. The molecule has 1 aromatic heterocycles. The second-order valence-electron chi connectivity index (χ2n) is 4.20. The summed E-state index contributed by atoms with van der Waals surface area (Å²) in [6.07, 6.45) is 1.42. The van der Waals surface area contributed by atoms with Crippen molar-refractivity contribution in [3.05, 3.63) is 52.1 Å². The SMILES string of the molecule is COc1cccc([C@@H]2CNc3nc[nH]c(=O)c32)c1. The van der Waals surface area contributed by atoms with Crippen LogP contribution in [0.4, 0.5) is 5.82 Å². The number of rotatable bonds is 2. The van der Waals surface area contributed by atoms with E-state index < -0.39 is 0 Å². The lowest BCUT2D eigenvalue weighted by molar-refractivity contribution is 0.414. The van der Waals surface area contributed by atoms with Gasteiger partial charge in [0.25, 0.3) is 5.56 Å². The van der Waals surface area contributed by atoms with Crippen molar-refractivity contribution in [3.8, 4) is 5.75 Å². The number of ether oxygens (including phenoxy) is 1. The van der Waals surface area contributed by atoms with E-state index in [1.807, 2.05) is 24.3 Å². The first-order valence-electron chi connectivity index (χ1n) is 5.75. The smallest absolute Gasteiger partial charge is 0.256 e. The molecule has 0 aliphatic carbocycles. The van der Waals surface area contributed by atoms with Gasteiger partial charge in [-0.05, 0) is 17.7 Å². The fourth-order valence-electron chi connectivity index (χ4n) is 2.32. The van der Waals surface area contributed by atoms with Crippen molar-refractivity contribution < 1.29 is 4.74 Å². The summed E-state index contributed by atoms with van der Waals surface area (Å²) < 4.78 is 5.21. The fraction of sp³-hybridized carbons (Fsp3) is 0.231. The molecular formula is C13H13N3O2. The van der Waals surface area contributed by atoms with E-state index in [0.717, 1.165) is 11.3 Å². The minimum atomic E-state index is -0.0854. The largest absolute Gasteiger partial charge is 0.497 e. The summed E-state index contributed by atoms with van der Waals surface area (Å²) in [5, 5.41) is 3.16. The first-order valence-corrected chi connectivity index (χ1v) is 5.75. The number of hydrogen-bond donors (Lipinski definition) is 2. The molecule has 0 saturated carbocycles. The van der Waals surface area contributed by atoms with E-state index in [0.29, 0.717) is 17.9 Å². The summed E-state index contributed by atoms with van der Waals surface area (Å²) in [6, 6.07) is 7.77. The molecule has 0 radical (unpaired) electrons. The zero-order valence-corrected chi connectivity index (χ0v) is 9.93. The third kappa shape index (κ3) is 1.64. The Labute approximate surface area is 104 Å². The molecule has 0 spiro atoms. The molecule has 0 fully saturated rings. The lowest BCUT2D eigenvalue weighted by Crippen LogP contribution is -2.15. The molecular weight excluding hydrogens is 230 g/mol. The van der Waals surface area contributed by atoms with Crippen molar-refractivity contribution in [2.24, 2.45) is 0 Å². The van der Waals surface area contributed by atoms with Crippen LogP contribution < -0.4 is 15.6 Å². The average molecular weight is 243 g/mol. The van der Waals surface area contributed by atoms with Crippen molar-refractivity contribution in [1.82, 2.24) is 9.97 Å². The number of methoxy groups -OCH3 is 1. The number of anilines is 1. The second kappa shape index (κ2) is 4.18. The van der Waals surface area contributed by atoms with Gasteiger partial charge in [-0.3, -0.25) is 4.79 Å². The van der Waals surface area contributed by atoms with E-state index in [1.54, 1.807) is 7.11 Å². The molecule has 5 heteroatoms. The molecule has 5 nitrogen and oxygen atoms in total. The van der Waals surface area contributed by atoms with E-state index in [1.165, 1.54) is 6.33 Å². The first kappa shape index (κ1) is 10.8. The van der Waals surface area contributed by atoms with Crippen molar-refractivity contribution in [2.75, 3.05) is 19.0 Å². The Kier molecular flexibility index (Phi) is 2.51. The summed E-state index contributed by atoms with van der Waals surface area (Å²) >= 11 is 0. The van der Waals surface area contributed by atoms with Gasteiger partial charge in [-0.1, -0.05) is 12.1 Å². The molecule has 2 aromatic rings. The second-order valence-corrected chi connectivity index (χ2v) is 4.20. The van der Waals surface area contributed by atoms with Crippen LogP contribution in [0, 0.1) is 0 Å². The summed E-state index contributed by atoms with van der Waals surface area (Å²) in [5.74, 6) is 1.49. The van der Waals surface area contributed by atoms with Gasteiger partial charge in [-0.2, -0.15) is 0 Å². The number of H-pyrrole nitrogens is 1. The molecule has 1 aliphatic heterocycles. The monoisotopic (exact) mass is 243 g/mol. The summed E-state index contributed by atoms with van der Waals surface area (Å²) in [6.45, 7) is 0.683. The quantitative estimate of drug-likeness (QED) is 0.835. The highest BCUT2D eigenvalue weighted by atomic mass is 16.5. The molecule has 1 aromatic carbocycles. The van der Waals surface area contributed by atoms with Crippen LogP contribution in [-0.2, 0) is 0 Å². The topological polar surface area (TPSA) is 67.0 Å². The number of nitrogens with zero attached hydrogens (tertiary/aromatic N) is 1. The van der Waals surface area contributed by atoms with Gasteiger partial charge in [-0.15, -0.1) is 0 Å². The van der Waals surface area contributed by atoms with E-state index in [9.17, 15) is 4.79 Å². The van der Waals surface area contributed by atoms with E-state index in [4.69, 9.17) is 4.74 Å². The molecule has 3 rings (SSSR count). The van der Waals surface area contributed by atoms with Gasteiger partial charge >= 0.3 is 0 Å². The van der Waals surface area contributed by atoms with Crippen LogP contribution in [-0.4, -0.2) is 23.6 Å². The third-order valence-electron chi connectivity index (χ3n) is 3.21. The van der Waals surface area contributed by atoms with E-state index >= 15 is 0 Å². The number of aromatic amines is 1. The van der Waals surface area contributed by atoms with Gasteiger partial charge < -0.3 is 15.0 Å². The highest BCUT2D eigenvalue weighted by Crippen LogP contribution is 2.33. The van der Waals surface area contributed by atoms with Gasteiger partial charge in [0, 0.05) is 12.5 Å². The maximum absolute atomic E-state index is 11.9. The molecule has 0 amide bonds. The number of aromatic nitrogens is 2. The van der Waals surface area contributed by atoms with Crippen LogP contribution in [0.2, 0.25) is 0 Å². The molecule has 0 unspecified atom stereocenters. The first-order chi connectivity index (χ1) is 8.79. The van der Waals surface area contributed by atoms with Crippen LogP contribution in [0.25, 0.3) is 0 Å². The van der Waals surface area contributed by atoms with Gasteiger partial charge in [-0.25, -0.2) is 4.98 Å². The van der Waals surface area contributed by atoms with Crippen LogP contribution in [0.3, 0.4) is 0 Å². The van der Waals surface area contributed by atoms with Crippen molar-refractivity contribution >= 4 is 5.82 Å². The molecule has 92 valence electrons. The molecule has 1 aliphatic rings. The number of nitrogens with one attached hydrogen (secondary N) is 2. The van der Waals surface area contributed by atoms with Crippen LogP contribution in [0.1, 0.15) is 17.0 Å². The maximum atomic E-state index is 11.9. The molecule has 0 bridgehead atoms. The lowest BCUT2D eigenvalue weighted by Gasteiger charge is -2.10. The fourth-order valence-corrected chi connectivity index (χ4v) is 2.32. The van der Waals surface area contributed by atoms with Crippen molar-refractivity contribution in [3.63, 3.8) is 0 Å². The van der Waals surface area contributed by atoms with Gasteiger partial charge in [0.1, 0.15) is 11.6 Å². The number of fused-ring (bicyclic) bond motifs is 1. The summed E-state index contributed by atoms with van der Waals surface area (Å²) in [4.78, 5) is 18.6. The summed E-state index contributed by atoms with van der Waals surface area (Å²) in [7, 11) is 1.63. The lowest BCUT2D eigenvalue weighted by atomic mass is 9.95. The zero-order valence-electron chi connectivity index (χ0n) is 9.93. The Bertz CT molecular complexity index is 636. The minimum Gasteiger partial charge on any atom is -0.497 e. The van der Waals surface area contributed by atoms with Gasteiger partial charge in [0.15, 0.2) is 0 Å². The van der Waals surface area contributed by atoms with Crippen LogP contribution in [0.15, 0.2) is 35.4 Å². The Balaban J connectivity index is 2.08. The molecule has 18 heavy (non-hydrogen) atoms. The van der Waals surface area contributed by atoms with Gasteiger partial charge in [0.2, 0.25) is 0 Å². The Hall–Kier alpha value is -2.30. The minimum absolute atomic E-state index is 0.0209. The maximum Gasteiger partial charge on any atom is 0.256 e. The average Bonchev–Trinajstić information content (AvgIpc) is 2.84. The number of benzene rings is 1. The normalized spacial score (nSPS) is 17.1. The van der Waals surface area contributed by atoms with E-state index in [2.05, 4.69) is 15.3 Å². The third-order valence-corrected chi connectivity index (χ3v) is 3.21. The number of hydrogen-bond acceptors (Lipinski definition) is 4. The molecule has 2 heterocycles. The van der Waals surface area contributed by atoms with Crippen LogP contribution >= 0.6 is 0 Å². The highest BCUT2D eigenvalue weighted by Gasteiger charge is 2.27. The molecule has 0 saturated heterocycles. The standard InChI is InChI=1S/C13H13N3O2/c1-18-9-4-2-3-8(5-9)10-6-14-12-11(10)13(17)16-7-15-12/h2-5,7,10H,6H2,1H3,(H2,14,15,16,17)/t10-/m0/s1. The van der Waals surface area contributed by atoms with E-state index in [-0.39, 0.29) is 11.5 Å². The van der Waals surface area contributed by atoms with Crippen molar-refractivity contribution in [2.45, 2.75) is 5.92 Å². The zero-order chi connectivity index (χ0) is 12.5. The Morgan fingerprint density at radius 1 is 1.44 bits per heavy atom. The predicted molar refractivity (Wildman–Crippen MR) is 68.2 cm³/mol. The molecule has 2 N–H and O–H groups in total.